The van der Waals surface area contributed by atoms with Gasteiger partial charge in [0.05, 0.1) is 16.0 Å². The Morgan fingerprint density at radius 1 is 1.20 bits per heavy atom. The Balaban J connectivity index is 1.51. The predicted molar refractivity (Wildman–Crippen MR) is 118 cm³/mol. The fourth-order valence-electron chi connectivity index (χ4n) is 2.92. The topological polar surface area (TPSA) is 108 Å². The Kier molecular flexibility index (Phi) is 5.97. The highest BCUT2D eigenvalue weighted by atomic mass is 32.2. The average Bonchev–Trinajstić information content (AvgIpc) is 3.35. The molecule has 150 valence electrons. The van der Waals surface area contributed by atoms with Crippen LogP contribution in [-0.4, -0.2) is 30.6 Å². The van der Waals surface area contributed by atoms with E-state index in [2.05, 4.69) is 15.2 Å². The molecule has 2 N–H and O–H groups in total. The van der Waals surface area contributed by atoms with Crippen LogP contribution in [0.4, 0.5) is 0 Å². The number of para-hydroxylation sites is 1. The molecule has 7 nitrogen and oxygen atoms in total. The molecule has 2 aromatic heterocycles. The van der Waals surface area contributed by atoms with Gasteiger partial charge in [0.2, 0.25) is 0 Å². The molecule has 0 saturated carbocycles. The molecule has 0 saturated heterocycles. The molecular formula is C21H17N5O2S2. The van der Waals surface area contributed by atoms with Gasteiger partial charge in [-0.05, 0) is 24.1 Å². The van der Waals surface area contributed by atoms with Gasteiger partial charge in [-0.1, -0.05) is 54.2 Å². The van der Waals surface area contributed by atoms with E-state index in [4.69, 9.17) is 0 Å². The zero-order valence-corrected chi connectivity index (χ0v) is 17.4. The number of nitriles is 1. The molecule has 4 rings (SSSR count). The second-order valence-corrected chi connectivity index (χ2v) is 8.38. The summed E-state index contributed by atoms with van der Waals surface area (Å²) in [5.41, 5.74) is 1.74. The molecule has 0 aliphatic rings. The smallest absolute Gasteiger partial charge is 0.343 e. The molecule has 0 bridgehead atoms. The molecule has 9 heteroatoms. The summed E-state index contributed by atoms with van der Waals surface area (Å²) in [5, 5.41) is 27.5. The van der Waals surface area contributed by atoms with Crippen molar-refractivity contribution in [3.63, 3.8) is 0 Å². The van der Waals surface area contributed by atoms with Crippen molar-refractivity contribution in [2.24, 2.45) is 0 Å². The molecule has 0 spiro atoms. The van der Waals surface area contributed by atoms with E-state index in [0.717, 1.165) is 15.8 Å². The van der Waals surface area contributed by atoms with E-state index in [1.165, 1.54) is 27.7 Å². The highest BCUT2D eigenvalue weighted by molar-refractivity contribution is 7.99. The van der Waals surface area contributed by atoms with Gasteiger partial charge in [-0.15, -0.1) is 16.4 Å². The second-order valence-electron chi connectivity index (χ2n) is 6.41. The summed E-state index contributed by atoms with van der Waals surface area (Å²) in [6.45, 7) is 0.467. The number of benzene rings is 2. The minimum absolute atomic E-state index is 0.0911. The number of H-pyrrole nitrogens is 1. The largest absolute Gasteiger partial charge is 0.510 e. The number of aliphatic hydroxyl groups excluding tert-OH is 1. The number of nitrogens with one attached hydrogen (secondary N) is 1. The van der Waals surface area contributed by atoms with Gasteiger partial charge >= 0.3 is 5.69 Å². The highest BCUT2D eigenvalue weighted by Gasteiger charge is 2.16. The number of aromatic nitrogens is 4. The van der Waals surface area contributed by atoms with Gasteiger partial charge in [0, 0.05) is 6.54 Å². The number of thioether (sulfide) groups is 1. The number of nitrogens with zero attached hydrogens (tertiary/aromatic N) is 4. The number of allylic oxidation sites excluding steroid dienone is 1. The maximum Gasteiger partial charge on any atom is 0.343 e. The fraction of sp³-hybridized carbons (Fsp3) is 0.143. The molecule has 30 heavy (non-hydrogen) atoms. The van der Waals surface area contributed by atoms with Gasteiger partial charge in [0.1, 0.15) is 22.4 Å². The van der Waals surface area contributed by atoms with Crippen molar-refractivity contribution >= 4 is 38.9 Å². The number of rotatable bonds is 7. The first kappa shape index (κ1) is 19.9. The first-order valence-corrected chi connectivity index (χ1v) is 11.0. The van der Waals surface area contributed by atoms with Crippen LogP contribution in [0.3, 0.4) is 0 Å². The number of thiazole rings is 1. The summed E-state index contributed by atoms with van der Waals surface area (Å²) in [6.07, 6.45) is 0.685. The van der Waals surface area contributed by atoms with E-state index >= 15 is 0 Å². The van der Waals surface area contributed by atoms with Crippen molar-refractivity contribution in [1.29, 1.82) is 5.26 Å². The van der Waals surface area contributed by atoms with Crippen LogP contribution in [0.1, 0.15) is 10.6 Å². The number of fused-ring (bicyclic) bond motifs is 1. The summed E-state index contributed by atoms with van der Waals surface area (Å²) in [4.78, 5) is 16.5. The molecule has 2 aromatic carbocycles. The normalized spacial score (nSPS) is 12.0. The molecule has 0 aliphatic heterocycles. The average molecular weight is 436 g/mol. The number of hydrogen-bond donors (Lipinski definition) is 2. The van der Waals surface area contributed by atoms with Gasteiger partial charge in [-0.3, -0.25) is 4.57 Å². The van der Waals surface area contributed by atoms with Gasteiger partial charge in [0.25, 0.3) is 0 Å². The molecule has 4 aromatic rings. The van der Waals surface area contributed by atoms with Crippen LogP contribution in [-0.2, 0) is 13.0 Å². The number of aryl methyl sites for hydroxylation is 1. The van der Waals surface area contributed by atoms with Crippen LogP contribution >= 0.6 is 23.1 Å². The lowest BCUT2D eigenvalue weighted by Gasteiger charge is -2.06. The SMILES string of the molecule is N#C/C(=C(/O)CSc1n[nH]c(=O)n1CCc1ccccc1)c1nc2ccccc2s1. The summed E-state index contributed by atoms with van der Waals surface area (Å²) in [6, 6.07) is 19.5. The summed E-state index contributed by atoms with van der Waals surface area (Å²) in [5.74, 6) is 0.0145. The monoisotopic (exact) mass is 435 g/mol. The maximum atomic E-state index is 12.1. The second kappa shape index (κ2) is 8.98. The van der Waals surface area contributed by atoms with Gasteiger partial charge in [-0.25, -0.2) is 14.9 Å². The zero-order valence-electron chi connectivity index (χ0n) is 15.8. The predicted octanol–water partition coefficient (Wildman–Crippen LogP) is 4.01. The van der Waals surface area contributed by atoms with Crippen LogP contribution in [0.25, 0.3) is 15.8 Å². The molecule has 0 amide bonds. The number of aliphatic hydroxyl groups is 1. The van der Waals surface area contributed by atoms with Crippen molar-refractivity contribution in [1.82, 2.24) is 19.7 Å². The lowest BCUT2D eigenvalue weighted by atomic mass is 10.1. The number of aromatic amines is 1. The number of hydrogen-bond acceptors (Lipinski definition) is 7. The van der Waals surface area contributed by atoms with Crippen molar-refractivity contribution in [3.8, 4) is 6.07 Å². The van der Waals surface area contributed by atoms with Gasteiger partial charge in [-0.2, -0.15) is 5.26 Å². The zero-order chi connectivity index (χ0) is 20.9. The standard InChI is InChI=1S/C21H17N5O2S2/c22-12-15(19-23-16-8-4-5-9-18(16)30-19)17(27)13-29-21-25-24-20(28)26(21)11-10-14-6-2-1-3-7-14/h1-9,27H,10-11,13H2,(H,24,28)/b17-15-. The van der Waals surface area contributed by atoms with Crippen molar-refractivity contribution < 1.29 is 5.11 Å². The van der Waals surface area contributed by atoms with Crippen LogP contribution in [0.5, 0.6) is 0 Å². The van der Waals surface area contributed by atoms with E-state index < -0.39 is 0 Å². The van der Waals surface area contributed by atoms with Gasteiger partial charge in [0.15, 0.2) is 5.16 Å². The highest BCUT2D eigenvalue weighted by Crippen LogP contribution is 2.29. The first-order chi connectivity index (χ1) is 14.7. The van der Waals surface area contributed by atoms with Crippen molar-refractivity contribution in [2.75, 3.05) is 5.75 Å². The first-order valence-electron chi connectivity index (χ1n) is 9.16. The summed E-state index contributed by atoms with van der Waals surface area (Å²) < 4.78 is 2.48. The van der Waals surface area contributed by atoms with E-state index in [-0.39, 0.29) is 22.8 Å². The Hall–Kier alpha value is -3.35. The summed E-state index contributed by atoms with van der Waals surface area (Å²) in [7, 11) is 0. The van der Waals surface area contributed by atoms with Crippen LogP contribution < -0.4 is 5.69 Å². The van der Waals surface area contributed by atoms with Crippen molar-refractivity contribution in [2.45, 2.75) is 18.1 Å². The minimum atomic E-state index is -0.302. The quantitative estimate of drug-likeness (QED) is 0.258. The third-order valence-electron chi connectivity index (χ3n) is 4.44. The third-order valence-corrected chi connectivity index (χ3v) is 6.48. The lowest BCUT2D eigenvalue weighted by molar-refractivity contribution is 0.420. The molecule has 0 radical (unpaired) electrons. The van der Waals surface area contributed by atoms with E-state index in [0.29, 0.717) is 23.1 Å². The van der Waals surface area contributed by atoms with E-state index in [1.807, 2.05) is 60.7 Å². The third kappa shape index (κ3) is 4.30. The van der Waals surface area contributed by atoms with Crippen LogP contribution in [0, 0.1) is 11.3 Å². The summed E-state index contributed by atoms with van der Waals surface area (Å²) >= 11 is 2.55. The molecular weight excluding hydrogens is 418 g/mol. The minimum Gasteiger partial charge on any atom is -0.510 e. The molecule has 0 fully saturated rings. The molecule has 0 unspecified atom stereocenters. The van der Waals surface area contributed by atoms with Crippen molar-refractivity contribution in [3.05, 3.63) is 81.4 Å². The Morgan fingerprint density at radius 3 is 2.73 bits per heavy atom. The lowest BCUT2D eigenvalue weighted by Crippen LogP contribution is -2.19. The maximum absolute atomic E-state index is 12.1. The Bertz CT molecular complexity index is 1270. The molecule has 0 aliphatic carbocycles. The van der Waals surface area contributed by atoms with E-state index in [9.17, 15) is 15.2 Å². The van der Waals surface area contributed by atoms with E-state index in [1.54, 1.807) is 0 Å². The van der Waals surface area contributed by atoms with Crippen LogP contribution in [0.2, 0.25) is 0 Å². The molecule has 2 heterocycles. The molecule has 0 atom stereocenters. The van der Waals surface area contributed by atoms with Gasteiger partial charge < -0.3 is 5.11 Å². The fourth-order valence-corrected chi connectivity index (χ4v) is 4.75. The van der Waals surface area contributed by atoms with Crippen LogP contribution in [0.15, 0.2) is 70.3 Å². The Labute approximate surface area is 180 Å². The Morgan fingerprint density at radius 2 is 1.97 bits per heavy atom.